The highest BCUT2D eigenvalue weighted by Gasteiger charge is 2.58. The normalized spacial score (nSPS) is 12.1. The molecule has 0 atom stereocenters. The van der Waals surface area contributed by atoms with E-state index in [2.05, 4.69) is 4.74 Å². The van der Waals surface area contributed by atoms with E-state index in [-0.39, 0.29) is 5.56 Å². The van der Waals surface area contributed by atoms with Crippen molar-refractivity contribution >= 4 is 16.9 Å². The van der Waals surface area contributed by atoms with E-state index in [1.807, 2.05) is 60.7 Å². The van der Waals surface area contributed by atoms with Crippen LogP contribution in [0, 0.1) is 0 Å². The number of carbonyl (C=O) groups excluding carboxylic acids is 1. The zero-order valence-corrected chi connectivity index (χ0v) is 16.2. The van der Waals surface area contributed by atoms with Gasteiger partial charge in [0.1, 0.15) is 0 Å². The van der Waals surface area contributed by atoms with Gasteiger partial charge in [0.15, 0.2) is 21.3 Å². The first kappa shape index (κ1) is 21.8. The number of hydrogen-bond donors (Lipinski definition) is 0. The summed E-state index contributed by atoms with van der Waals surface area (Å²) < 4.78 is 67.2. The quantitative estimate of drug-likeness (QED) is 0.262. The molecule has 0 aromatic heterocycles. The maximum Gasteiger partial charge on any atom is 0.456 e. The number of alkyl halides is 5. The van der Waals surface area contributed by atoms with Crippen LogP contribution in [0.1, 0.15) is 10.4 Å². The number of rotatable bonds is 6. The summed E-state index contributed by atoms with van der Waals surface area (Å²) in [6.45, 7) is -2.07. The van der Waals surface area contributed by atoms with Crippen molar-refractivity contribution in [3.05, 3.63) is 90.5 Å². The Morgan fingerprint density at radius 2 is 1.23 bits per heavy atom. The van der Waals surface area contributed by atoms with Crippen molar-refractivity contribution in [2.75, 3.05) is 6.61 Å². The fraction of sp³-hybridized carbons (Fsp3) is 0.136. The molecular weight excluding hydrogens is 423 g/mol. The van der Waals surface area contributed by atoms with E-state index in [0.29, 0.717) is 4.90 Å². The Hall–Kier alpha value is -2.87. The lowest BCUT2D eigenvalue weighted by atomic mass is 10.2. The minimum atomic E-state index is -5.79. The van der Waals surface area contributed by atoms with Crippen molar-refractivity contribution in [1.29, 1.82) is 0 Å². The number of hydrogen-bond acceptors (Lipinski definition) is 2. The minimum Gasteiger partial charge on any atom is -0.455 e. The Bertz CT molecular complexity index is 952. The highest BCUT2D eigenvalue weighted by Crippen LogP contribution is 2.36. The zero-order chi connectivity index (χ0) is 21.8. The van der Waals surface area contributed by atoms with Crippen molar-refractivity contribution in [3.8, 4) is 0 Å². The Morgan fingerprint density at radius 1 is 0.733 bits per heavy atom. The van der Waals surface area contributed by atoms with E-state index in [4.69, 9.17) is 0 Å². The van der Waals surface area contributed by atoms with Gasteiger partial charge in [0.2, 0.25) is 0 Å². The molecule has 0 radical (unpaired) electrons. The molecule has 30 heavy (non-hydrogen) atoms. The van der Waals surface area contributed by atoms with Crippen molar-refractivity contribution < 1.29 is 31.5 Å². The molecule has 0 saturated heterocycles. The standard InChI is InChI=1S/C22H16F5O2S/c23-21(24,22(25,26)27)15-29-20(28)16-8-7-13-19(14-16)30(17-9-3-1-4-10-17)18-11-5-2-6-12-18/h1-14H,15H2/q+1. The second-order valence-corrected chi connectivity index (χ2v) is 8.27. The zero-order valence-electron chi connectivity index (χ0n) is 15.4. The van der Waals surface area contributed by atoms with Crippen molar-refractivity contribution in [3.63, 3.8) is 0 Å². The summed E-state index contributed by atoms with van der Waals surface area (Å²) in [5, 5.41) is 0. The lowest BCUT2D eigenvalue weighted by molar-refractivity contribution is -0.292. The van der Waals surface area contributed by atoms with Crippen LogP contribution in [0.15, 0.2) is 99.6 Å². The summed E-state index contributed by atoms with van der Waals surface area (Å²) in [6, 6.07) is 25.0. The van der Waals surface area contributed by atoms with Gasteiger partial charge < -0.3 is 4.74 Å². The molecule has 0 saturated carbocycles. The van der Waals surface area contributed by atoms with Gasteiger partial charge in [-0.05, 0) is 36.4 Å². The van der Waals surface area contributed by atoms with Crippen LogP contribution in [-0.4, -0.2) is 24.7 Å². The number of halogens is 5. The molecule has 3 rings (SSSR count). The molecule has 0 aliphatic heterocycles. The van der Waals surface area contributed by atoms with Gasteiger partial charge in [0, 0.05) is 6.07 Å². The van der Waals surface area contributed by atoms with E-state index in [9.17, 15) is 26.7 Å². The third-order valence-corrected chi connectivity index (χ3v) is 6.28. The van der Waals surface area contributed by atoms with Crippen LogP contribution in [-0.2, 0) is 15.6 Å². The average molecular weight is 439 g/mol. The smallest absolute Gasteiger partial charge is 0.455 e. The molecule has 0 spiro atoms. The fourth-order valence-corrected chi connectivity index (χ4v) is 4.73. The summed E-state index contributed by atoms with van der Waals surface area (Å²) in [4.78, 5) is 14.8. The Balaban J connectivity index is 1.90. The van der Waals surface area contributed by atoms with Gasteiger partial charge in [-0.25, -0.2) is 4.79 Å². The van der Waals surface area contributed by atoms with Crippen LogP contribution >= 0.6 is 0 Å². The van der Waals surface area contributed by atoms with Crippen molar-refractivity contribution in [2.45, 2.75) is 26.8 Å². The van der Waals surface area contributed by atoms with Gasteiger partial charge in [-0.2, -0.15) is 22.0 Å². The predicted molar refractivity (Wildman–Crippen MR) is 103 cm³/mol. The molecular formula is C22H16F5O2S+. The van der Waals surface area contributed by atoms with Crippen LogP contribution in [0.3, 0.4) is 0 Å². The summed E-state index contributed by atoms with van der Waals surface area (Å²) in [5.41, 5.74) is -0.102. The summed E-state index contributed by atoms with van der Waals surface area (Å²) in [6.07, 6.45) is -5.79. The summed E-state index contributed by atoms with van der Waals surface area (Å²) in [7, 11) is -0.612. The average Bonchev–Trinajstić information content (AvgIpc) is 2.73. The van der Waals surface area contributed by atoms with E-state index >= 15 is 0 Å². The highest BCUT2D eigenvalue weighted by atomic mass is 32.2. The maximum absolute atomic E-state index is 13.1. The number of esters is 1. The number of carbonyl (C=O) groups is 1. The van der Waals surface area contributed by atoms with Gasteiger partial charge in [0.05, 0.1) is 16.5 Å². The van der Waals surface area contributed by atoms with E-state index in [1.54, 1.807) is 12.1 Å². The van der Waals surface area contributed by atoms with Crippen LogP contribution < -0.4 is 0 Å². The van der Waals surface area contributed by atoms with Gasteiger partial charge in [-0.15, -0.1) is 0 Å². The van der Waals surface area contributed by atoms with Crippen molar-refractivity contribution in [1.82, 2.24) is 0 Å². The Kier molecular flexibility index (Phi) is 6.45. The number of ether oxygens (including phenoxy) is 1. The largest absolute Gasteiger partial charge is 0.456 e. The molecule has 0 bridgehead atoms. The molecule has 0 unspecified atom stereocenters. The maximum atomic E-state index is 13.1. The minimum absolute atomic E-state index is 0.102. The van der Waals surface area contributed by atoms with Crippen LogP contribution in [0.5, 0.6) is 0 Å². The van der Waals surface area contributed by atoms with Gasteiger partial charge in [-0.3, -0.25) is 0 Å². The lowest BCUT2D eigenvalue weighted by Crippen LogP contribution is -2.41. The molecule has 3 aromatic carbocycles. The van der Waals surface area contributed by atoms with Gasteiger partial charge in [-0.1, -0.05) is 42.5 Å². The highest BCUT2D eigenvalue weighted by molar-refractivity contribution is 7.97. The molecule has 3 aromatic rings. The molecule has 0 aliphatic rings. The van der Waals surface area contributed by atoms with E-state index < -0.39 is 35.6 Å². The lowest BCUT2D eigenvalue weighted by Gasteiger charge is -2.19. The Morgan fingerprint density at radius 3 is 1.73 bits per heavy atom. The summed E-state index contributed by atoms with van der Waals surface area (Å²) in [5.74, 6) is -6.36. The molecule has 0 aliphatic carbocycles. The SMILES string of the molecule is O=C(OCC(F)(F)C(F)(F)F)c1cccc([S+](c2ccccc2)c2ccccc2)c1. The van der Waals surface area contributed by atoms with Gasteiger partial charge >= 0.3 is 18.1 Å². The van der Waals surface area contributed by atoms with Crippen LogP contribution in [0.2, 0.25) is 0 Å². The third kappa shape index (κ3) is 4.99. The van der Waals surface area contributed by atoms with E-state index in [1.165, 1.54) is 12.1 Å². The predicted octanol–water partition coefficient (Wildman–Crippen LogP) is 6.14. The molecule has 8 heteroatoms. The monoisotopic (exact) mass is 439 g/mol. The summed E-state index contributed by atoms with van der Waals surface area (Å²) >= 11 is 0. The molecule has 156 valence electrons. The van der Waals surface area contributed by atoms with Gasteiger partial charge in [0.25, 0.3) is 0 Å². The first-order valence-electron chi connectivity index (χ1n) is 8.75. The molecule has 0 amide bonds. The molecule has 0 N–H and O–H groups in total. The Labute approximate surface area is 172 Å². The second-order valence-electron chi connectivity index (χ2n) is 6.24. The molecule has 2 nitrogen and oxygen atoms in total. The second kappa shape index (κ2) is 8.87. The van der Waals surface area contributed by atoms with E-state index in [0.717, 1.165) is 9.79 Å². The first-order chi connectivity index (χ1) is 14.2. The third-order valence-electron chi connectivity index (χ3n) is 4.06. The number of benzene rings is 3. The van der Waals surface area contributed by atoms with Crippen LogP contribution in [0.25, 0.3) is 0 Å². The van der Waals surface area contributed by atoms with Crippen molar-refractivity contribution in [2.24, 2.45) is 0 Å². The topological polar surface area (TPSA) is 26.3 Å². The fourth-order valence-electron chi connectivity index (χ4n) is 2.59. The molecule has 0 heterocycles. The molecule has 0 fully saturated rings. The first-order valence-corrected chi connectivity index (χ1v) is 9.98. The van der Waals surface area contributed by atoms with Crippen LogP contribution in [0.4, 0.5) is 22.0 Å².